The van der Waals surface area contributed by atoms with E-state index >= 15 is 0 Å². The van der Waals surface area contributed by atoms with E-state index in [0.29, 0.717) is 16.5 Å². The first kappa shape index (κ1) is 8.33. The highest BCUT2D eigenvalue weighted by Crippen LogP contribution is 2.29. The van der Waals surface area contributed by atoms with Gasteiger partial charge in [0.2, 0.25) is 0 Å². The van der Waals surface area contributed by atoms with E-state index in [2.05, 4.69) is 4.98 Å². The Bertz CT molecular complexity index is 368. The molecule has 3 nitrogen and oxygen atoms in total. The zero-order valence-electron chi connectivity index (χ0n) is 6.83. The molecule has 0 aromatic carbocycles. The zero-order valence-corrected chi connectivity index (χ0v) is 7.58. The van der Waals surface area contributed by atoms with E-state index in [1.807, 2.05) is 6.07 Å². The molecule has 1 saturated carbocycles. The van der Waals surface area contributed by atoms with E-state index in [4.69, 9.17) is 21.6 Å². The Morgan fingerprint density at radius 1 is 1.62 bits per heavy atom. The summed E-state index contributed by atoms with van der Waals surface area (Å²) >= 11 is 5.63. The molecule has 0 bridgehead atoms. The van der Waals surface area contributed by atoms with Crippen LogP contribution in [0, 0.1) is 11.3 Å². The van der Waals surface area contributed by atoms with E-state index in [1.165, 1.54) is 12.3 Å². The molecule has 0 saturated heterocycles. The lowest BCUT2D eigenvalue weighted by molar-refractivity contribution is 0.301. The minimum Gasteiger partial charge on any atom is -0.487 e. The smallest absolute Gasteiger partial charge is 0.155 e. The predicted molar refractivity (Wildman–Crippen MR) is 47.6 cm³/mol. The van der Waals surface area contributed by atoms with Gasteiger partial charge in [-0.2, -0.15) is 5.26 Å². The Balaban J connectivity index is 2.27. The standard InChI is InChI=1S/C9H7ClN2O/c10-9-3-6(4-11)8(5-12-9)13-7-1-2-7/h3,5,7H,1-2H2. The molecule has 1 aromatic heterocycles. The number of hydrogen-bond acceptors (Lipinski definition) is 3. The Morgan fingerprint density at radius 2 is 2.38 bits per heavy atom. The second kappa shape index (κ2) is 3.23. The fourth-order valence-electron chi connectivity index (χ4n) is 0.964. The van der Waals surface area contributed by atoms with E-state index in [-0.39, 0.29) is 6.10 Å². The van der Waals surface area contributed by atoms with Gasteiger partial charge in [0.15, 0.2) is 5.75 Å². The van der Waals surface area contributed by atoms with Gasteiger partial charge in [-0.15, -0.1) is 0 Å². The molecule has 0 atom stereocenters. The number of aromatic nitrogens is 1. The summed E-state index contributed by atoms with van der Waals surface area (Å²) in [5.41, 5.74) is 0.451. The summed E-state index contributed by atoms with van der Waals surface area (Å²) in [6, 6.07) is 3.53. The van der Waals surface area contributed by atoms with Crippen LogP contribution in [0.25, 0.3) is 0 Å². The van der Waals surface area contributed by atoms with Crippen molar-refractivity contribution in [2.45, 2.75) is 18.9 Å². The molecule has 1 aliphatic rings. The van der Waals surface area contributed by atoms with Crippen LogP contribution in [-0.2, 0) is 0 Å². The Hall–Kier alpha value is -1.27. The van der Waals surface area contributed by atoms with Gasteiger partial charge in [0.05, 0.1) is 17.9 Å². The third kappa shape index (κ3) is 1.90. The SMILES string of the molecule is N#Cc1cc(Cl)ncc1OC1CC1. The quantitative estimate of drug-likeness (QED) is 0.678. The number of ether oxygens (including phenoxy) is 1. The normalized spacial score (nSPS) is 15.1. The molecular weight excluding hydrogens is 188 g/mol. The summed E-state index contributed by atoms with van der Waals surface area (Å²) in [6.07, 6.45) is 3.90. The van der Waals surface area contributed by atoms with E-state index in [1.54, 1.807) is 0 Å². The van der Waals surface area contributed by atoms with Crippen LogP contribution >= 0.6 is 11.6 Å². The number of nitriles is 1. The molecule has 0 amide bonds. The maximum atomic E-state index is 8.76. The summed E-state index contributed by atoms with van der Waals surface area (Å²) in [7, 11) is 0. The van der Waals surface area contributed by atoms with Crippen LogP contribution in [0.15, 0.2) is 12.3 Å². The van der Waals surface area contributed by atoms with Crippen LogP contribution in [-0.4, -0.2) is 11.1 Å². The van der Waals surface area contributed by atoms with Crippen molar-refractivity contribution >= 4 is 11.6 Å². The van der Waals surface area contributed by atoms with Gasteiger partial charge >= 0.3 is 0 Å². The average molecular weight is 195 g/mol. The highest BCUT2D eigenvalue weighted by atomic mass is 35.5. The molecule has 1 aromatic rings. The molecule has 2 rings (SSSR count). The van der Waals surface area contributed by atoms with Crippen molar-refractivity contribution in [3.8, 4) is 11.8 Å². The summed E-state index contributed by atoms with van der Waals surface area (Å²) < 4.78 is 5.46. The van der Waals surface area contributed by atoms with Gasteiger partial charge in [0.1, 0.15) is 11.2 Å². The Labute approximate surface area is 80.9 Å². The van der Waals surface area contributed by atoms with Gasteiger partial charge < -0.3 is 4.74 Å². The number of hydrogen-bond donors (Lipinski definition) is 0. The topological polar surface area (TPSA) is 45.9 Å². The van der Waals surface area contributed by atoms with Gasteiger partial charge in [-0.3, -0.25) is 0 Å². The molecule has 0 radical (unpaired) electrons. The van der Waals surface area contributed by atoms with Crippen molar-refractivity contribution in [3.63, 3.8) is 0 Å². The minimum absolute atomic E-state index is 0.273. The molecule has 1 heterocycles. The molecule has 66 valence electrons. The highest BCUT2D eigenvalue weighted by molar-refractivity contribution is 6.29. The van der Waals surface area contributed by atoms with Crippen LogP contribution in [0.5, 0.6) is 5.75 Å². The molecule has 4 heteroatoms. The van der Waals surface area contributed by atoms with Gasteiger partial charge in [0.25, 0.3) is 0 Å². The van der Waals surface area contributed by atoms with Gasteiger partial charge in [0, 0.05) is 0 Å². The summed E-state index contributed by atoms with van der Waals surface area (Å²) in [6.45, 7) is 0. The summed E-state index contributed by atoms with van der Waals surface area (Å²) in [5.74, 6) is 0.536. The van der Waals surface area contributed by atoms with Crippen molar-refractivity contribution in [2.24, 2.45) is 0 Å². The van der Waals surface area contributed by atoms with E-state index < -0.39 is 0 Å². The third-order valence-electron chi connectivity index (χ3n) is 1.77. The molecule has 0 N–H and O–H groups in total. The van der Waals surface area contributed by atoms with Crippen molar-refractivity contribution in [1.82, 2.24) is 4.98 Å². The molecule has 13 heavy (non-hydrogen) atoms. The first-order chi connectivity index (χ1) is 6.29. The average Bonchev–Trinajstić information content (AvgIpc) is 2.92. The van der Waals surface area contributed by atoms with Gasteiger partial charge in [-0.1, -0.05) is 11.6 Å². The molecule has 1 fully saturated rings. The van der Waals surface area contributed by atoms with Crippen molar-refractivity contribution < 1.29 is 4.74 Å². The first-order valence-corrected chi connectivity index (χ1v) is 4.39. The third-order valence-corrected chi connectivity index (χ3v) is 1.98. The van der Waals surface area contributed by atoms with Crippen LogP contribution in [0.2, 0.25) is 5.15 Å². The second-order valence-corrected chi connectivity index (χ2v) is 3.32. The minimum atomic E-state index is 0.273. The zero-order chi connectivity index (χ0) is 9.26. The summed E-state index contributed by atoms with van der Waals surface area (Å²) in [4.78, 5) is 3.86. The van der Waals surface area contributed by atoms with Crippen LogP contribution in [0.4, 0.5) is 0 Å². The molecule has 1 aliphatic carbocycles. The van der Waals surface area contributed by atoms with E-state index in [9.17, 15) is 0 Å². The largest absolute Gasteiger partial charge is 0.487 e. The molecule has 0 unspecified atom stereocenters. The van der Waals surface area contributed by atoms with Gasteiger partial charge in [-0.25, -0.2) is 4.98 Å². The van der Waals surface area contributed by atoms with Gasteiger partial charge in [-0.05, 0) is 18.9 Å². The van der Waals surface area contributed by atoms with Crippen molar-refractivity contribution in [3.05, 3.63) is 23.0 Å². The number of nitrogens with zero attached hydrogens (tertiary/aromatic N) is 2. The molecular formula is C9H7ClN2O. The maximum absolute atomic E-state index is 8.76. The molecule has 0 aliphatic heterocycles. The van der Waals surface area contributed by atoms with Crippen molar-refractivity contribution in [1.29, 1.82) is 5.26 Å². The maximum Gasteiger partial charge on any atom is 0.155 e. The van der Waals surface area contributed by atoms with Crippen LogP contribution < -0.4 is 4.74 Å². The summed E-state index contributed by atoms with van der Waals surface area (Å²) in [5, 5.41) is 9.08. The lowest BCUT2D eigenvalue weighted by Crippen LogP contribution is -1.98. The van der Waals surface area contributed by atoms with E-state index in [0.717, 1.165) is 12.8 Å². The fraction of sp³-hybridized carbons (Fsp3) is 0.333. The van der Waals surface area contributed by atoms with Crippen molar-refractivity contribution in [2.75, 3.05) is 0 Å². The Kier molecular flexibility index (Phi) is 2.07. The lowest BCUT2D eigenvalue weighted by atomic mass is 10.3. The predicted octanol–water partition coefficient (Wildman–Crippen LogP) is 2.15. The van der Waals surface area contributed by atoms with Crippen LogP contribution in [0.3, 0.4) is 0 Å². The number of pyridine rings is 1. The number of halogens is 1. The molecule has 0 spiro atoms. The Morgan fingerprint density at radius 3 is 3.00 bits per heavy atom. The van der Waals surface area contributed by atoms with Crippen LogP contribution in [0.1, 0.15) is 18.4 Å². The monoisotopic (exact) mass is 194 g/mol. The fourth-order valence-corrected chi connectivity index (χ4v) is 1.12. The number of rotatable bonds is 2. The first-order valence-electron chi connectivity index (χ1n) is 4.02. The highest BCUT2D eigenvalue weighted by Gasteiger charge is 2.24. The lowest BCUT2D eigenvalue weighted by Gasteiger charge is -2.04. The second-order valence-electron chi connectivity index (χ2n) is 2.93.